The smallest absolute Gasteiger partial charge is 0.124 e. The molecule has 20 heavy (non-hydrogen) atoms. The summed E-state index contributed by atoms with van der Waals surface area (Å²) >= 11 is 4.92. The van der Waals surface area contributed by atoms with Crippen LogP contribution in [0.3, 0.4) is 0 Å². The fourth-order valence-corrected chi connectivity index (χ4v) is 3.13. The molecule has 2 aromatic carbocycles. The predicted octanol–water partition coefficient (Wildman–Crippen LogP) is 4.39. The number of nitrogens with two attached hydrogens (primary N) is 1. The minimum atomic E-state index is -0.269. The van der Waals surface area contributed by atoms with Gasteiger partial charge in [-0.05, 0) is 48.4 Å². The Labute approximate surface area is 129 Å². The molecule has 0 amide bonds. The summed E-state index contributed by atoms with van der Waals surface area (Å²) in [5.41, 5.74) is 7.07. The summed E-state index contributed by atoms with van der Waals surface area (Å²) in [6.07, 6.45) is 0.662. The van der Waals surface area contributed by atoms with Gasteiger partial charge in [-0.15, -0.1) is 11.8 Å². The summed E-state index contributed by atoms with van der Waals surface area (Å²) in [5, 5.41) is 0. The molecule has 1 nitrogen and oxygen atoms in total. The first-order valence-corrected chi connectivity index (χ1v) is 7.90. The highest BCUT2D eigenvalue weighted by Gasteiger charge is 2.09. The second-order valence-corrected chi connectivity index (χ2v) is 6.41. The molecule has 0 aliphatic heterocycles. The Morgan fingerprint density at radius 2 is 1.70 bits per heavy atom. The highest BCUT2D eigenvalue weighted by atomic mass is 79.9. The molecule has 1 atom stereocenters. The van der Waals surface area contributed by atoms with Crippen molar-refractivity contribution in [1.29, 1.82) is 0 Å². The van der Waals surface area contributed by atoms with Gasteiger partial charge in [0.25, 0.3) is 0 Å². The molecular weight excluding hydrogens is 344 g/mol. The Kier molecular flexibility index (Phi) is 5.57. The third-order valence-corrected chi connectivity index (χ3v) is 4.71. The molecule has 0 aliphatic rings. The number of hydrogen-bond donors (Lipinski definition) is 1. The molecule has 2 N–H and O–H groups in total. The third-order valence-electron chi connectivity index (χ3n) is 2.77. The summed E-state index contributed by atoms with van der Waals surface area (Å²) < 4.78 is 26.5. The maximum Gasteiger partial charge on any atom is 0.124 e. The second kappa shape index (κ2) is 7.20. The zero-order valence-electron chi connectivity index (χ0n) is 10.7. The van der Waals surface area contributed by atoms with Crippen molar-refractivity contribution in [2.75, 3.05) is 5.75 Å². The van der Waals surface area contributed by atoms with Crippen LogP contribution in [0.15, 0.2) is 51.8 Å². The topological polar surface area (TPSA) is 26.0 Å². The standard InChI is InChI=1S/C15H14BrF2NS/c16-15-8-12(18)2-1-10(15)7-13(19)9-20-14-5-3-11(17)4-6-14/h1-6,8,13H,7,9,19H2. The lowest BCUT2D eigenvalue weighted by atomic mass is 10.1. The number of rotatable bonds is 5. The predicted molar refractivity (Wildman–Crippen MR) is 82.9 cm³/mol. The van der Waals surface area contributed by atoms with Gasteiger partial charge in [-0.1, -0.05) is 22.0 Å². The van der Waals surface area contributed by atoms with Crippen molar-refractivity contribution in [3.63, 3.8) is 0 Å². The average molecular weight is 358 g/mol. The largest absolute Gasteiger partial charge is 0.327 e. The van der Waals surface area contributed by atoms with E-state index in [2.05, 4.69) is 15.9 Å². The van der Waals surface area contributed by atoms with Crippen LogP contribution in [0.4, 0.5) is 8.78 Å². The number of benzene rings is 2. The van der Waals surface area contributed by atoms with Gasteiger partial charge in [0, 0.05) is 21.2 Å². The van der Waals surface area contributed by atoms with Gasteiger partial charge in [0.05, 0.1) is 0 Å². The van der Waals surface area contributed by atoms with Crippen LogP contribution in [0.25, 0.3) is 0 Å². The molecule has 0 bridgehead atoms. The van der Waals surface area contributed by atoms with Gasteiger partial charge in [0.15, 0.2) is 0 Å². The average Bonchev–Trinajstić information content (AvgIpc) is 2.41. The van der Waals surface area contributed by atoms with E-state index < -0.39 is 0 Å². The molecule has 2 aromatic rings. The van der Waals surface area contributed by atoms with Crippen molar-refractivity contribution >= 4 is 27.7 Å². The summed E-state index contributed by atoms with van der Waals surface area (Å²) in [6.45, 7) is 0. The Morgan fingerprint density at radius 3 is 2.35 bits per heavy atom. The van der Waals surface area contributed by atoms with E-state index in [0.717, 1.165) is 20.7 Å². The monoisotopic (exact) mass is 357 g/mol. The van der Waals surface area contributed by atoms with Crippen LogP contribution >= 0.6 is 27.7 Å². The molecule has 5 heteroatoms. The normalized spacial score (nSPS) is 12.4. The Bertz CT molecular complexity index is 575. The number of thioether (sulfide) groups is 1. The van der Waals surface area contributed by atoms with Crippen molar-refractivity contribution in [2.45, 2.75) is 17.4 Å². The van der Waals surface area contributed by atoms with E-state index in [1.165, 1.54) is 24.3 Å². The Hall–Kier alpha value is -0.910. The van der Waals surface area contributed by atoms with Crippen molar-refractivity contribution in [2.24, 2.45) is 5.73 Å². The molecule has 1 unspecified atom stereocenters. The van der Waals surface area contributed by atoms with Crippen LogP contribution in [0.2, 0.25) is 0 Å². The molecule has 0 heterocycles. The van der Waals surface area contributed by atoms with Gasteiger partial charge in [-0.25, -0.2) is 8.78 Å². The molecule has 0 aromatic heterocycles. The van der Waals surface area contributed by atoms with Gasteiger partial charge in [-0.2, -0.15) is 0 Å². The van der Waals surface area contributed by atoms with Crippen LogP contribution in [-0.4, -0.2) is 11.8 Å². The first-order chi connectivity index (χ1) is 9.54. The van der Waals surface area contributed by atoms with E-state index in [1.54, 1.807) is 30.0 Å². The van der Waals surface area contributed by atoms with Crippen molar-refractivity contribution in [3.8, 4) is 0 Å². The molecule has 0 spiro atoms. The van der Waals surface area contributed by atoms with E-state index in [1.807, 2.05) is 0 Å². The summed E-state index contributed by atoms with van der Waals surface area (Å²) in [5.74, 6) is 0.207. The molecule has 0 aliphatic carbocycles. The zero-order chi connectivity index (χ0) is 14.5. The van der Waals surface area contributed by atoms with Gasteiger partial charge in [0.2, 0.25) is 0 Å². The maximum absolute atomic E-state index is 13.0. The molecule has 0 fully saturated rings. The Balaban J connectivity index is 1.89. The van der Waals surface area contributed by atoms with Crippen LogP contribution in [0.5, 0.6) is 0 Å². The number of halogens is 3. The van der Waals surface area contributed by atoms with Crippen molar-refractivity contribution < 1.29 is 8.78 Å². The molecule has 2 rings (SSSR count). The van der Waals surface area contributed by atoms with E-state index in [0.29, 0.717) is 6.42 Å². The third kappa shape index (κ3) is 4.58. The summed E-state index contributed by atoms with van der Waals surface area (Å²) in [7, 11) is 0. The first-order valence-electron chi connectivity index (χ1n) is 6.12. The van der Waals surface area contributed by atoms with Gasteiger partial charge in [0.1, 0.15) is 11.6 Å². The SMILES string of the molecule is NC(CSc1ccc(F)cc1)Cc1ccc(F)cc1Br. The fourth-order valence-electron chi connectivity index (χ4n) is 1.76. The van der Waals surface area contributed by atoms with Crippen LogP contribution in [0, 0.1) is 11.6 Å². The zero-order valence-corrected chi connectivity index (χ0v) is 13.1. The van der Waals surface area contributed by atoms with Crippen LogP contribution in [-0.2, 0) is 6.42 Å². The maximum atomic E-state index is 13.0. The lowest BCUT2D eigenvalue weighted by Gasteiger charge is -2.12. The number of hydrogen-bond acceptors (Lipinski definition) is 2. The van der Waals surface area contributed by atoms with Gasteiger partial charge in [-0.3, -0.25) is 0 Å². The quantitative estimate of drug-likeness (QED) is 0.803. The van der Waals surface area contributed by atoms with E-state index in [9.17, 15) is 8.78 Å². The van der Waals surface area contributed by atoms with E-state index in [4.69, 9.17) is 5.73 Å². The fraction of sp³-hybridized carbons (Fsp3) is 0.200. The van der Waals surface area contributed by atoms with Gasteiger partial charge < -0.3 is 5.73 Å². The molecule has 0 radical (unpaired) electrons. The molecule has 106 valence electrons. The van der Waals surface area contributed by atoms with Gasteiger partial charge >= 0.3 is 0 Å². The van der Waals surface area contributed by atoms with E-state index in [-0.39, 0.29) is 17.7 Å². The van der Waals surface area contributed by atoms with Crippen molar-refractivity contribution in [1.82, 2.24) is 0 Å². The molecular formula is C15H14BrF2NS. The lowest BCUT2D eigenvalue weighted by Crippen LogP contribution is -2.25. The minimum absolute atomic E-state index is 0.0492. The molecule has 0 saturated carbocycles. The second-order valence-electron chi connectivity index (χ2n) is 4.46. The minimum Gasteiger partial charge on any atom is -0.327 e. The van der Waals surface area contributed by atoms with Crippen LogP contribution in [0.1, 0.15) is 5.56 Å². The molecule has 0 saturated heterocycles. The highest BCUT2D eigenvalue weighted by Crippen LogP contribution is 2.22. The summed E-state index contributed by atoms with van der Waals surface area (Å²) in [6, 6.07) is 10.9. The van der Waals surface area contributed by atoms with E-state index >= 15 is 0 Å². The summed E-state index contributed by atoms with van der Waals surface area (Å²) in [4.78, 5) is 0.986. The first kappa shape index (κ1) is 15.5. The lowest BCUT2D eigenvalue weighted by molar-refractivity contribution is 0.624. The highest BCUT2D eigenvalue weighted by molar-refractivity contribution is 9.10. The van der Waals surface area contributed by atoms with Crippen LogP contribution < -0.4 is 5.73 Å². The Morgan fingerprint density at radius 1 is 1.05 bits per heavy atom. The van der Waals surface area contributed by atoms with Crippen molar-refractivity contribution in [3.05, 3.63) is 64.1 Å².